The number of quaternary nitrogens is 1. The van der Waals surface area contributed by atoms with Gasteiger partial charge in [0.05, 0.1) is 39.9 Å². The smallest absolute Gasteiger partial charge is 0.391 e. The zero-order valence-electron chi connectivity index (χ0n) is 38.2. The molecule has 0 aliphatic heterocycles. The Morgan fingerprint density at radius 2 is 1.02 bits per heavy atom. The molecule has 0 rings (SSSR count). The highest BCUT2D eigenvalue weighted by Gasteiger charge is 2.28. The normalized spacial score (nSPS) is 15.2. The van der Waals surface area contributed by atoms with E-state index in [9.17, 15) is 19.4 Å². The molecule has 3 N–H and O–H groups in total. The first-order valence-electron chi connectivity index (χ1n) is 23.1. The van der Waals surface area contributed by atoms with Crippen molar-refractivity contribution in [2.75, 3.05) is 40.9 Å². The van der Waals surface area contributed by atoms with Gasteiger partial charge >= 0.3 is 7.82 Å². The Bertz CT molecular complexity index is 1280. The van der Waals surface area contributed by atoms with E-state index in [2.05, 4.69) is 116 Å². The molecule has 0 saturated heterocycles. The molecule has 59 heavy (non-hydrogen) atoms. The second-order valence-electron chi connectivity index (χ2n) is 16.4. The monoisotopic (exact) mass is 844 g/mol. The van der Waals surface area contributed by atoms with E-state index in [0.717, 1.165) is 83.5 Å². The Labute approximate surface area is 362 Å². The Balaban J connectivity index is 4.36. The highest BCUT2D eigenvalue weighted by atomic mass is 31.2. The number of likely N-dealkylation sites (N-methyl/N-ethyl adjacent to an activating group) is 1. The Hall–Kier alpha value is -2.58. The summed E-state index contributed by atoms with van der Waals surface area (Å²) in [5.41, 5.74) is 0. The lowest BCUT2D eigenvalue weighted by atomic mass is 10.0. The SMILES string of the molecule is CC/C=C\C/C=C\C/C=C\C/C=C\C/C=C\C/C=C\C/C=C\C/C=C\CCCCC(=O)NC(COP(=O)(O)OCC[N+](C)(C)C)C(O)CCCCCCCCCCCC. The van der Waals surface area contributed by atoms with E-state index in [1.807, 2.05) is 21.1 Å². The Kier molecular flexibility index (Phi) is 39.0. The van der Waals surface area contributed by atoms with Crippen molar-refractivity contribution >= 4 is 13.7 Å². The molecule has 0 aromatic carbocycles. The number of hydrogen-bond donors (Lipinski definition) is 3. The maximum atomic E-state index is 12.9. The van der Waals surface area contributed by atoms with Gasteiger partial charge in [-0.05, 0) is 77.0 Å². The van der Waals surface area contributed by atoms with Crippen molar-refractivity contribution in [3.8, 4) is 0 Å². The van der Waals surface area contributed by atoms with Crippen LogP contribution in [0.1, 0.15) is 162 Å². The minimum Gasteiger partial charge on any atom is -0.391 e. The fourth-order valence-electron chi connectivity index (χ4n) is 5.94. The van der Waals surface area contributed by atoms with Crippen molar-refractivity contribution in [3.05, 3.63) is 97.2 Å². The van der Waals surface area contributed by atoms with Crippen LogP contribution >= 0.6 is 7.82 Å². The van der Waals surface area contributed by atoms with Crippen LogP contribution in [0.25, 0.3) is 0 Å². The Morgan fingerprint density at radius 1 is 0.593 bits per heavy atom. The van der Waals surface area contributed by atoms with Crippen molar-refractivity contribution in [3.63, 3.8) is 0 Å². The van der Waals surface area contributed by atoms with Gasteiger partial charge in [-0.3, -0.25) is 13.8 Å². The van der Waals surface area contributed by atoms with Crippen LogP contribution in [0, 0.1) is 0 Å². The van der Waals surface area contributed by atoms with Gasteiger partial charge in [-0.1, -0.05) is 175 Å². The predicted molar refractivity (Wildman–Crippen MR) is 253 cm³/mol. The van der Waals surface area contributed by atoms with Crippen LogP contribution in [-0.2, 0) is 18.4 Å². The van der Waals surface area contributed by atoms with Crippen molar-refractivity contribution in [2.24, 2.45) is 0 Å². The summed E-state index contributed by atoms with van der Waals surface area (Å²) in [5.74, 6) is -0.194. The van der Waals surface area contributed by atoms with Gasteiger partial charge in [0.1, 0.15) is 13.2 Å². The zero-order chi connectivity index (χ0) is 43.6. The molecule has 3 unspecified atom stereocenters. The fraction of sp³-hybridized carbons (Fsp3) is 0.660. The summed E-state index contributed by atoms with van der Waals surface area (Å²) >= 11 is 0. The molecule has 0 aromatic heterocycles. The number of nitrogens with one attached hydrogen (secondary N) is 1. The average Bonchev–Trinajstić information content (AvgIpc) is 3.19. The maximum Gasteiger partial charge on any atom is 0.472 e. The lowest BCUT2D eigenvalue weighted by Gasteiger charge is -2.26. The number of hydrogen-bond acceptors (Lipinski definition) is 5. The van der Waals surface area contributed by atoms with E-state index in [-0.39, 0.29) is 19.1 Å². The molecule has 0 bridgehead atoms. The lowest BCUT2D eigenvalue weighted by molar-refractivity contribution is -0.870. The van der Waals surface area contributed by atoms with E-state index in [1.54, 1.807) is 0 Å². The van der Waals surface area contributed by atoms with Crippen LogP contribution in [-0.4, -0.2) is 73.4 Å². The summed E-state index contributed by atoms with van der Waals surface area (Å²) in [6.45, 7) is 4.69. The molecule has 0 aromatic rings. The average molecular weight is 844 g/mol. The quantitative estimate of drug-likeness (QED) is 0.0246. The van der Waals surface area contributed by atoms with E-state index in [1.165, 1.54) is 44.9 Å². The van der Waals surface area contributed by atoms with Gasteiger partial charge in [0.2, 0.25) is 5.91 Å². The third-order valence-electron chi connectivity index (χ3n) is 9.60. The third kappa shape index (κ3) is 43.3. The molecule has 0 aliphatic carbocycles. The van der Waals surface area contributed by atoms with Crippen LogP contribution in [0.3, 0.4) is 0 Å². The molecule has 8 nitrogen and oxygen atoms in total. The summed E-state index contributed by atoms with van der Waals surface area (Å²) in [4.78, 5) is 23.1. The first-order valence-corrected chi connectivity index (χ1v) is 24.6. The molecular weight excluding hydrogens is 756 g/mol. The molecule has 3 atom stereocenters. The standard InChI is InChI=1S/C50H87N2O6P/c1-6-8-10-12-14-16-18-19-20-21-22-23-24-25-26-27-28-29-30-31-32-33-34-36-38-40-42-44-50(54)51-48(47-58-59(55,56)57-46-45-52(3,4)5)49(53)43-41-39-37-35-17-15-13-11-9-7-2/h8,10,14,16,19-20,22-23,25-26,28-29,31-32,34,36,48-49,53H,6-7,9,11-13,15,17-18,21,24,27,30,33,35,37-47H2,1-5H3,(H-,51,54,55,56)/p+1/b10-8-,16-14-,20-19-,23-22-,26-25-,29-28-,32-31-,36-34-. The number of allylic oxidation sites excluding steroid dienone is 16. The van der Waals surface area contributed by atoms with Crippen LogP contribution in [0.2, 0.25) is 0 Å². The number of phosphoric ester groups is 1. The molecule has 9 heteroatoms. The van der Waals surface area contributed by atoms with Crippen molar-refractivity contribution in [2.45, 2.75) is 174 Å². The van der Waals surface area contributed by atoms with Gasteiger partial charge in [-0.25, -0.2) is 4.57 Å². The largest absolute Gasteiger partial charge is 0.472 e. The maximum absolute atomic E-state index is 12.9. The molecule has 1 amide bonds. The van der Waals surface area contributed by atoms with Crippen LogP contribution in [0.5, 0.6) is 0 Å². The van der Waals surface area contributed by atoms with Gasteiger partial charge in [0, 0.05) is 6.42 Å². The first kappa shape index (κ1) is 56.4. The minimum atomic E-state index is -4.33. The van der Waals surface area contributed by atoms with E-state index in [4.69, 9.17) is 9.05 Å². The highest BCUT2D eigenvalue weighted by Crippen LogP contribution is 2.43. The van der Waals surface area contributed by atoms with Crippen molar-refractivity contribution < 1.29 is 32.9 Å². The number of phosphoric acid groups is 1. The number of nitrogens with zero attached hydrogens (tertiary/aromatic N) is 1. The highest BCUT2D eigenvalue weighted by molar-refractivity contribution is 7.47. The molecule has 0 spiro atoms. The molecule has 0 radical (unpaired) electrons. The summed E-state index contributed by atoms with van der Waals surface area (Å²) < 4.78 is 23.6. The zero-order valence-corrected chi connectivity index (χ0v) is 39.1. The van der Waals surface area contributed by atoms with Gasteiger partial charge < -0.3 is 19.8 Å². The molecule has 0 saturated carbocycles. The number of carbonyl (C=O) groups is 1. The van der Waals surface area contributed by atoms with Crippen molar-refractivity contribution in [1.82, 2.24) is 5.32 Å². The number of aliphatic hydroxyl groups excluding tert-OH is 1. The van der Waals surface area contributed by atoms with Crippen LogP contribution < -0.4 is 5.32 Å². The minimum absolute atomic E-state index is 0.0600. The van der Waals surface area contributed by atoms with Crippen molar-refractivity contribution in [1.29, 1.82) is 0 Å². The number of carbonyl (C=O) groups excluding carboxylic acids is 1. The van der Waals surface area contributed by atoms with E-state index < -0.39 is 20.0 Å². The molecule has 0 fully saturated rings. The van der Waals surface area contributed by atoms with Gasteiger partial charge in [-0.15, -0.1) is 0 Å². The Morgan fingerprint density at radius 3 is 1.46 bits per heavy atom. The summed E-state index contributed by atoms with van der Waals surface area (Å²) in [7, 11) is 1.57. The van der Waals surface area contributed by atoms with Crippen LogP contribution in [0.15, 0.2) is 97.2 Å². The fourth-order valence-corrected chi connectivity index (χ4v) is 6.68. The van der Waals surface area contributed by atoms with Gasteiger partial charge in [0.25, 0.3) is 0 Å². The summed E-state index contributed by atoms with van der Waals surface area (Å²) in [6, 6.07) is -0.789. The van der Waals surface area contributed by atoms with Crippen LogP contribution in [0.4, 0.5) is 0 Å². The van der Waals surface area contributed by atoms with E-state index in [0.29, 0.717) is 30.3 Å². The second kappa shape index (κ2) is 40.8. The topological polar surface area (TPSA) is 105 Å². The first-order chi connectivity index (χ1) is 28.5. The number of unbranched alkanes of at least 4 members (excludes halogenated alkanes) is 11. The second-order valence-corrected chi connectivity index (χ2v) is 17.9. The predicted octanol–water partition coefficient (Wildman–Crippen LogP) is 13.1. The summed E-state index contributed by atoms with van der Waals surface area (Å²) in [6.07, 6.45) is 57.3. The third-order valence-corrected chi connectivity index (χ3v) is 10.6. The summed E-state index contributed by atoms with van der Waals surface area (Å²) in [5, 5.41) is 13.9. The number of aliphatic hydroxyl groups is 1. The number of amides is 1. The number of rotatable bonds is 40. The lowest BCUT2D eigenvalue weighted by Crippen LogP contribution is -2.46. The molecule has 0 heterocycles. The van der Waals surface area contributed by atoms with Gasteiger partial charge in [-0.2, -0.15) is 0 Å². The van der Waals surface area contributed by atoms with Gasteiger partial charge in [0.15, 0.2) is 0 Å². The molecule has 0 aliphatic rings. The molecular formula is C50H88N2O6P+. The molecule has 338 valence electrons. The van der Waals surface area contributed by atoms with E-state index >= 15 is 0 Å².